The van der Waals surface area contributed by atoms with Gasteiger partial charge in [-0.05, 0) is 11.6 Å². The smallest absolute Gasteiger partial charge is 0.289 e. The third-order valence-electron chi connectivity index (χ3n) is 2.84. The van der Waals surface area contributed by atoms with Crippen molar-refractivity contribution < 1.29 is 26.2 Å². The van der Waals surface area contributed by atoms with Gasteiger partial charge in [-0.3, -0.25) is 4.79 Å². The van der Waals surface area contributed by atoms with Crippen molar-refractivity contribution in [3.05, 3.63) is 76.7 Å². The third-order valence-corrected chi connectivity index (χ3v) is 3.73. The molecule has 0 aliphatic heterocycles. The average Bonchev–Trinajstić information content (AvgIpc) is 2.52. The molecule has 23 heavy (non-hydrogen) atoms. The molecule has 0 radical (unpaired) electrons. The second kappa shape index (κ2) is 7.26. The van der Waals surface area contributed by atoms with Crippen molar-refractivity contribution in [1.82, 2.24) is 0 Å². The standard InChI is InChI=1S/C16H12F2O4S/c17-16(18)22-23(20,21)11-10-12-6-8-14(9-7-12)15(19)13-4-2-1-3-5-13/h1-11,16H. The summed E-state index contributed by atoms with van der Waals surface area (Å²) in [6.45, 7) is -3.41. The molecule has 0 amide bonds. The van der Waals surface area contributed by atoms with Crippen LogP contribution in [0.3, 0.4) is 0 Å². The van der Waals surface area contributed by atoms with E-state index in [2.05, 4.69) is 4.18 Å². The average molecular weight is 338 g/mol. The van der Waals surface area contributed by atoms with Gasteiger partial charge in [-0.1, -0.05) is 54.6 Å². The van der Waals surface area contributed by atoms with Crippen LogP contribution in [-0.4, -0.2) is 20.8 Å². The van der Waals surface area contributed by atoms with Gasteiger partial charge in [0.2, 0.25) is 0 Å². The molecule has 2 rings (SSSR count). The minimum atomic E-state index is -4.45. The predicted molar refractivity (Wildman–Crippen MR) is 81.4 cm³/mol. The first-order chi connectivity index (χ1) is 10.9. The van der Waals surface area contributed by atoms with Crippen LogP contribution in [0.5, 0.6) is 0 Å². The second-order valence-corrected chi connectivity index (χ2v) is 5.92. The zero-order valence-electron chi connectivity index (χ0n) is 11.7. The minimum Gasteiger partial charge on any atom is -0.289 e. The summed E-state index contributed by atoms with van der Waals surface area (Å²) in [5, 5.41) is 0.535. The predicted octanol–water partition coefficient (Wildman–Crippen LogP) is 3.46. The van der Waals surface area contributed by atoms with Gasteiger partial charge < -0.3 is 0 Å². The van der Waals surface area contributed by atoms with Crippen LogP contribution in [0.2, 0.25) is 0 Å². The van der Waals surface area contributed by atoms with E-state index in [0.717, 1.165) is 6.08 Å². The Bertz CT molecular complexity index is 798. The minimum absolute atomic E-state index is 0.171. The molecule has 0 aliphatic rings. The Morgan fingerprint density at radius 1 is 0.957 bits per heavy atom. The molecular weight excluding hydrogens is 326 g/mol. The van der Waals surface area contributed by atoms with E-state index >= 15 is 0 Å². The highest BCUT2D eigenvalue weighted by Crippen LogP contribution is 2.13. The van der Waals surface area contributed by atoms with Gasteiger partial charge in [-0.25, -0.2) is 0 Å². The van der Waals surface area contributed by atoms with Crippen molar-refractivity contribution >= 4 is 22.0 Å². The van der Waals surface area contributed by atoms with E-state index < -0.39 is 16.7 Å². The molecular formula is C16H12F2O4S. The highest BCUT2D eigenvalue weighted by atomic mass is 32.2. The fourth-order valence-electron chi connectivity index (χ4n) is 1.80. The Balaban J connectivity index is 2.13. The highest BCUT2D eigenvalue weighted by Gasteiger charge is 2.14. The first-order valence-corrected chi connectivity index (χ1v) is 7.94. The van der Waals surface area contributed by atoms with E-state index in [1.807, 2.05) is 0 Å². The van der Waals surface area contributed by atoms with Crippen LogP contribution in [0.25, 0.3) is 6.08 Å². The van der Waals surface area contributed by atoms with Crippen molar-refractivity contribution in [3.8, 4) is 0 Å². The van der Waals surface area contributed by atoms with E-state index in [1.165, 1.54) is 24.3 Å². The first-order valence-electron chi connectivity index (χ1n) is 6.47. The molecule has 2 aromatic rings. The molecule has 2 aromatic carbocycles. The number of hydrogen-bond donors (Lipinski definition) is 0. The molecule has 0 heterocycles. The first kappa shape index (κ1) is 17.0. The summed E-state index contributed by atoms with van der Waals surface area (Å²) >= 11 is 0. The van der Waals surface area contributed by atoms with Crippen LogP contribution in [0, 0.1) is 0 Å². The van der Waals surface area contributed by atoms with Crippen molar-refractivity contribution in [2.75, 3.05) is 0 Å². The molecule has 0 aliphatic carbocycles. The van der Waals surface area contributed by atoms with Crippen LogP contribution < -0.4 is 0 Å². The lowest BCUT2D eigenvalue weighted by atomic mass is 10.0. The van der Waals surface area contributed by atoms with E-state index in [-0.39, 0.29) is 5.78 Å². The number of hydrogen-bond acceptors (Lipinski definition) is 4. The molecule has 0 spiro atoms. The SMILES string of the molecule is O=C(c1ccccc1)c1ccc(C=CS(=O)(=O)OC(F)F)cc1. The quantitative estimate of drug-likeness (QED) is 0.598. The van der Waals surface area contributed by atoms with Gasteiger partial charge in [0.15, 0.2) is 5.78 Å². The fourth-order valence-corrected chi connectivity index (χ4v) is 2.39. The Kier molecular flexibility index (Phi) is 5.36. The molecule has 0 unspecified atom stereocenters. The van der Waals surface area contributed by atoms with Crippen LogP contribution >= 0.6 is 0 Å². The zero-order chi connectivity index (χ0) is 16.9. The molecule has 0 aromatic heterocycles. The van der Waals surface area contributed by atoms with Crippen LogP contribution in [0.15, 0.2) is 60.0 Å². The molecule has 4 nitrogen and oxygen atoms in total. The molecule has 120 valence electrons. The van der Waals surface area contributed by atoms with Gasteiger partial charge in [0, 0.05) is 11.1 Å². The van der Waals surface area contributed by atoms with E-state index in [4.69, 9.17) is 0 Å². The molecule has 7 heteroatoms. The topological polar surface area (TPSA) is 60.4 Å². The zero-order valence-corrected chi connectivity index (χ0v) is 12.5. The highest BCUT2D eigenvalue weighted by molar-refractivity contribution is 7.89. The maximum atomic E-state index is 12.2. The van der Waals surface area contributed by atoms with Crippen molar-refractivity contribution in [1.29, 1.82) is 0 Å². The molecule has 0 saturated carbocycles. The second-order valence-electron chi connectivity index (χ2n) is 4.47. The summed E-state index contributed by atoms with van der Waals surface area (Å²) in [6.07, 6.45) is 1.11. The number of benzene rings is 2. The molecule has 0 fully saturated rings. The summed E-state index contributed by atoms with van der Waals surface area (Å²) in [6, 6.07) is 14.7. The number of rotatable bonds is 6. The summed E-state index contributed by atoms with van der Waals surface area (Å²) in [7, 11) is -4.45. The number of carbonyl (C=O) groups is 1. The lowest BCUT2D eigenvalue weighted by molar-refractivity contribution is -0.0432. The number of alkyl halides is 2. The van der Waals surface area contributed by atoms with Crippen LogP contribution in [-0.2, 0) is 14.3 Å². The van der Waals surface area contributed by atoms with Gasteiger partial charge in [-0.15, -0.1) is 0 Å². The summed E-state index contributed by atoms with van der Waals surface area (Å²) in [4.78, 5) is 12.2. The third kappa shape index (κ3) is 5.08. The molecule has 0 atom stereocenters. The van der Waals surface area contributed by atoms with E-state index in [9.17, 15) is 22.0 Å². The number of carbonyl (C=O) groups excluding carboxylic acids is 1. The largest absolute Gasteiger partial charge is 0.359 e. The maximum Gasteiger partial charge on any atom is 0.359 e. The van der Waals surface area contributed by atoms with Gasteiger partial charge in [0.1, 0.15) is 0 Å². The van der Waals surface area contributed by atoms with Crippen LogP contribution in [0.1, 0.15) is 21.5 Å². The molecule has 0 saturated heterocycles. The Hall–Kier alpha value is -2.38. The Morgan fingerprint density at radius 3 is 2.09 bits per heavy atom. The van der Waals surface area contributed by atoms with E-state index in [0.29, 0.717) is 22.1 Å². The van der Waals surface area contributed by atoms with Gasteiger partial charge in [-0.2, -0.15) is 21.4 Å². The number of halogens is 2. The normalized spacial score (nSPS) is 12.0. The molecule has 0 N–H and O–H groups in total. The number of ketones is 1. The van der Waals surface area contributed by atoms with Crippen molar-refractivity contribution in [2.45, 2.75) is 6.61 Å². The van der Waals surface area contributed by atoms with Crippen molar-refractivity contribution in [2.24, 2.45) is 0 Å². The summed E-state index contributed by atoms with van der Waals surface area (Å²) < 4.78 is 49.5. The maximum absolute atomic E-state index is 12.2. The monoisotopic (exact) mass is 338 g/mol. The van der Waals surface area contributed by atoms with Gasteiger partial charge in [0.25, 0.3) is 10.1 Å². The Morgan fingerprint density at radius 2 is 1.52 bits per heavy atom. The molecule has 0 bridgehead atoms. The van der Waals surface area contributed by atoms with Crippen LogP contribution in [0.4, 0.5) is 8.78 Å². The summed E-state index contributed by atoms with van der Waals surface area (Å²) in [5.74, 6) is -0.171. The van der Waals surface area contributed by atoms with Crippen molar-refractivity contribution in [3.63, 3.8) is 0 Å². The van der Waals surface area contributed by atoms with E-state index in [1.54, 1.807) is 30.3 Å². The summed E-state index contributed by atoms with van der Waals surface area (Å²) in [5.41, 5.74) is 1.39. The Labute approximate surface area is 132 Å². The van der Waals surface area contributed by atoms with Gasteiger partial charge in [0.05, 0.1) is 5.41 Å². The lowest BCUT2D eigenvalue weighted by Gasteiger charge is -2.02. The van der Waals surface area contributed by atoms with Gasteiger partial charge >= 0.3 is 6.61 Å². The fraction of sp³-hybridized carbons (Fsp3) is 0.0625. The lowest BCUT2D eigenvalue weighted by Crippen LogP contribution is -2.06.